The average molecular weight is 354 g/mol. The van der Waals surface area contributed by atoms with E-state index in [0.717, 1.165) is 13.2 Å². The van der Waals surface area contributed by atoms with Gasteiger partial charge < -0.3 is 9.47 Å². The molecule has 2 rings (SSSR count). The highest BCUT2D eigenvalue weighted by atomic mass is 19.4. The molecule has 7 heteroatoms. The van der Waals surface area contributed by atoms with Crippen LogP contribution >= 0.6 is 0 Å². The summed E-state index contributed by atoms with van der Waals surface area (Å²) in [5, 5.41) is 0. The molecule has 2 aromatic rings. The van der Waals surface area contributed by atoms with Gasteiger partial charge in [0.15, 0.2) is 17.3 Å². The molecule has 0 aromatic heterocycles. The molecule has 0 spiro atoms. The summed E-state index contributed by atoms with van der Waals surface area (Å²) in [6, 6.07) is 7.18. The molecular weight excluding hydrogens is 340 g/mol. The van der Waals surface area contributed by atoms with Crippen molar-refractivity contribution in [2.45, 2.75) is 6.18 Å². The summed E-state index contributed by atoms with van der Waals surface area (Å²) in [7, 11) is 2.27. The number of ether oxygens (including phenoxy) is 2. The zero-order valence-electron chi connectivity index (χ0n) is 13.4. The summed E-state index contributed by atoms with van der Waals surface area (Å²) < 4.78 is 62.0. The number of halogens is 4. The number of allylic oxidation sites excluding steroid dienone is 1. The van der Waals surface area contributed by atoms with E-state index in [0.29, 0.717) is 11.6 Å². The van der Waals surface area contributed by atoms with Crippen LogP contribution in [0.15, 0.2) is 42.5 Å². The third-order valence-electron chi connectivity index (χ3n) is 3.37. The number of rotatable bonds is 5. The van der Waals surface area contributed by atoms with Crippen LogP contribution in [-0.2, 0) is 6.18 Å². The van der Waals surface area contributed by atoms with Crippen molar-refractivity contribution in [1.82, 2.24) is 0 Å². The zero-order chi connectivity index (χ0) is 18.6. The number of carbonyl (C=O) groups is 1. The lowest BCUT2D eigenvalue weighted by Gasteiger charge is -2.16. The Balaban J connectivity index is 2.40. The van der Waals surface area contributed by atoms with E-state index < -0.39 is 29.1 Å². The van der Waals surface area contributed by atoms with Gasteiger partial charge in [-0.3, -0.25) is 4.79 Å². The van der Waals surface area contributed by atoms with E-state index in [4.69, 9.17) is 9.47 Å². The lowest BCUT2D eigenvalue weighted by Crippen LogP contribution is -2.10. The fourth-order valence-corrected chi connectivity index (χ4v) is 2.16. The van der Waals surface area contributed by atoms with Crippen molar-refractivity contribution in [3.05, 3.63) is 65.0 Å². The summed E-state index contributed by atoms with van der Waals surface area (Å²) in [4.78, 5) is 12.2. The fraction of sp³-hybridized carbons (Fsp3) is 0.167. The predicted octanol–water partition coefficient (Wildman–Crippen LogP) is 4.76. The van der Waals surface area contributed by atoms with Gasteiger partial charge in [0.25, 0.3) is 0 Å². The van der Waals surface area contributed by atoms with Gasteiger partial charge in [-0.25, -0.2) is 4.39 Å². The number of hydrogen-bond donors (Lipinski definition) is 0. The Labute approximate surface area is 141 Å². The van der Waals surface area contributed by atoms with Gasteiger partial charge >= 0.3 is 6.18 Å². The first kappa shape index (κ1) is 18.5. The maximum absolute atomic E-state index is 13.2. The van der Waals surface area contributed by atoms with Crippen LogP contribution < -0.4 is 9.47 Å². The van der Waals surface area contributed by atoms with E-state index in [1.807, 2.05) is 0 Å². The molecule has 3 nitrogen and oxygen atoms in total. The summed E-state index contributed by atoms with van der Waals surface area (Å²) >= 11 is 0. The Kier molecular flexibility index (Phi) is 5.46. The summed E-state index contributed by atoms with van der Waals surface area (Å²) in [6.07, 6.45) is -2.23. The van der Waals surface area contributed by atoms with Gasteiger partial charge in [-0.2, -0.15) is 13.2 Å². The predicted molar refractivity (Wildman–Crippen MR) is 84.3 cm³/mol. The summed E-state index contributed by atoms with van der Waals surface area (Å²) in [6.45, 7) is 0. The first-order valence-electron chi connectivity index (χ1n) is 7.07. The van der Waals surface area contributed by atoms with Crippen LogP contribution in [-0.4, -0.2) is 20.0 Å². The van der Waals surface area contributed by atoms with Crippen molar-refractivity contribution in [1.29, 1.82) is 0 Å². The van der Waals surface area contributed by atoms with Gasteiger partial charge in [-0.15, -0.1) is 0 Å². The summed E-state index contributed by atoms with van der Waals surface area (Å²) in [5.41, 5.74) is -0.775. The van der Waals surface area contributed by atoms with Crippen LogP contribution in [0.4, 0.5) is 17.6 Å². The van der Waals surface area contributed by atoms with E-state index in [-0.39, 0.29) is 11.3 Å². The number of carbonyl (C=O) groups excluding carboxylic acids is 1. The Bertz CT molecular complexity index is 793. The molecule has 0 bridgehead atoms. The number of methoxy groups -OCH3 is 2. The van der Waals surface area contributed by atoms with Gasteiger partial charge in [-0.05, 0) is 35.9 Å². The molecule has 0 N–H and O–H groups in total. The van der Waals surface area contributed by atoms with Crippen LogP contribution in [0.25, 0.3) is 6.08 Å². The van der Waals surface area contributed by atoms with Gasteiger partial charge in [0.1, 0.15) is 11.4 Å². The fourth-order valence-electron chi connectivity index (χ4n) is 2.16. The minimum Gasteiger partial charge on any atom is -0.493 e. The number of alkyl halides is 3. The minimum absolute atomic E-state index is 0.198. The molecule has 0 saturated heterocycles. The van der Waals surface area contributed by atoms with Crippen LogP contribution in [0, 0.1) is 5.82 Å². The second-order valence-electron chi connectivity index (χ2n) is 5.01. The number of benzene rings is 2. The zero-order valence-corrected chi connectivity index (χ0v) is 13.4. The van der Waals surface area contributed by atoms with Gasteiger partial charge in [0.2, 0.25) is 0 Å². The largest absolute Gasteiger partial charge is 0.493 e. The van der Waals surface area contributed by atoms with Gasteiger partial charge in [0.05, 0.1) is 14.2 Å². The van der Waals surface area contributed by atoms with E-state index in [2.05, 4.69) is 0 Å². The number of ketones is 1. The highest BCUT2D eigenvalue weighted by molar-refractivity contribution is 6.07. The molecule has 25 heavy (non-hydrogen) atoms. The molecule has 0 radical (unpaired) electrons. The average Bonchev–Trinajstić information content (AvgIpc) is 2.58. The van der Waals surface area contributed by atoms with Gasteiger partial charge in [-0.1, -0.05) is 18.2 Å². The Hall–Kier alpha value is -2.83. The van der Waals surface area contributed by atoms with E-state index in [1.165, 1.54) is 43.5 Å². The van der Waals surface area contributed by atoms with E-state index in [1.54, 1.807) is 0 Å². The first-order chi connectivity index (χ1) is 11.8. The highest BCUT2D eigenvalue weighted by Crippen LogP contribution is 2.42. The third kappa shape index (κ3) is 4.37. The summed E-state index contributed by atoms with van der Waals surface area (Å²) in [5.74, 6) is -1.78. The molecular formula is C18H14F4O3. The first-order valence-corrected chi connectivity index (χ1v) is 7.07. The molecule has 0 aliphatic carbocycles. The second-order valence-corrected chi connectivity index (χ2v) is 5.01. The van der Waals surface area contributed by atoms with Crippen LogP contribution in [0.2, 0.25) is 0 Å². The van der Waals surface area contributed by atoms with Crippen LogP contribution in [0.5, 0.6) is 11.5 Å². The third-order valence-corrected chi connectivity index (χ3v) is 3.37. The quantitative estimate of drug-likeness (QED) is 0.441. The SMILES string of the molecule is COc1cc(C(=O)/C=C/c2ccc(F)cc2)cc(C(F)(F)F)c1OC. The molecule has 0 atom stereocenters. The topological polar surface area (TPSA) is 35.5 Å². The lowest BCUT2D eigenvalue weighted by molar-refractivity contribution is -0.138. The normalized spacial score (nSPS) is 11.6. The second kappa shape index (κ2) is 7.38. The standard InChI is InChI=1S/C18H14F4O3/c1-24-16-10-12(9-14(17(16)25-2)18(20,21)22)15(23)8-5-11-3-6-13(19)7-4-11/h3-10H,1-2H3/b8-5+. The van der Waals surface area contributed by atoms with Crippen LogP contribution in [0.1, 0.15) is 21.5 Å². The molecule has 132 valence electrons. The molecule has 0 unspecified atom stereocenters. The Morgan fingerprint density at radius 1 is 1.04 bits per heavy atom. The molecule has 0 amide bonds. The van der Waals surface area contributed by atoms with Gasteiger partial charge in [0, 0.05) is 5.56 Å². The minimum atomic E-state index is -4.71. The van der Waals surface area contributed by atoms with Crippen molar-refractivity contribution in [2.75, 3.05) is 14.2 Å². The van der Waals surface area contributed by atoms with Crippen molar-refractivity contribution >= 4 is 11.9 Å². The molecule has 0 heterocycles. The van der Waals surface area contributed by atoms with Crippen molar-refractivity contribution in [3.63, 3.8) is 0 Å². The van der Waals surface area contributed by atoms with Crippen molar-refractivity contribution in [2.24, 2.45) is 0 Å². The smallest absolute Gasteiger partial charge is 0.420 e. The van der Waals surface area contributed by atoms with Crippen molar-refractivity contribution in [3.8, 4) is 11.5 Å². The highest BCUT2D eigenvalue weighted by Gasteiger charge is 2.36. The van der Waals surface area contributed by atoms with E-state index in [9.17, 15) is 22.4 Å². The maximum atomic E-state index is 13.2. The van der Waals surface area contributed by atoms with Crippen LogP contribution in [0.3, 0.4) is 0 Å². The lowest BCUT2D eigenvalue weighted by atomic mass is 10.0. The monoisotopic (exact) mass is 354 g/mol. The van der Waals surface area contributed by atoms with E-state index >= 15 is 0 Å². The molecule has 2 aromatic carbocycles. The number of hydrogen-bond acceptors (Lipinski definition) is 3. The maximum Gasteiger partial charge on any atom is 0.420 e. The Morgan fingerprint density at radius 2 is 1.68 bits per heavy atom. The molecule has 0 fully saturated rings. The molecule has 0 aliphatic heterocycles. The van der Waals surface area contributed by atoms with Crippen molar-refractivity contribution < 1.29 is 31.8 Å². The Morgan fingerprint density at radius 3 is 2.20 bits per heavy atom. The molecule has 0 aliphatic rings. The molecule has 0 saturated carbocycles.